The number of sulfonamides is 1. The molecule has 1 atom stereocenters. The Hall–Kier alpha value is -3.08. The summed E-state index contributed by atoms with van der Waals surface area (Å²) in [5.41, 5.74) is 9.06. The van der Waals surface area contributed by atoms with Crippen molar-refractivity contribution in [2.45, 2.75) is 49.3 Å². The van der Waals surface area contributed by atoms with Crippen LogP contribution in [0.3, 0.4) is 0 Å². The van der Waals surface area contributed by atoms with Crippen LogP contribution in [0.15, 0.2) is 81.0 Å². The summed E-state index contributed by atoms with van der Waals surface area (Å²) in [5.74, 6) is -1.21. The summed E-state index contributed by atoms with van der Waals surface area (Å²) in [4.78, 5) is 29.8. The molecule has 4 rings (SSSR count). The van der Waals surface area contributed by atoms with Crippen LogP contribution < -0.4 is 15.8 Å². The monoisotopic (exact) mass is 541 g/mol. The van der Waals surface area contributed by atoms with E-state index in [0.29, 0.717) is 29.8 Å². The van der Waals surface area contributed by atoms with Crippen molar-refractivity contribution in [1.82, 2.24) is 0 Å². The predicted molar refractivity (Wildman–Crippen MR) is 144 cm³/mol. The quantitative estimate of drug-likeness (QED) is 0.414. The normalized spacial score (nSPS) is 19.6. The van der Waals surface area contributed by atoms with E-state index >= 15 is 0 Å². The Morgan fingerprint density at radius 1 is 1.11 bits per heavy atom. The van der Waals surface area contributed by atoms with E-state index in [0.717, 1.165) is 10.5 Å². The first-order valence-corrected chi connectivity index (χ1v) is 14.6. The second-order valence-corrected chi connectivity index (χ2v) is 12.3. The summed E-state index contributed by atoms with van der Waals surface area (Å²) in [7, 11) is -3.90. The number of carbonyl (C=O) groups is 2. The summed E-state index contributed by atoms with van der Waals surface area (Å²) >= 11 is 1.60. The lowest BCUT2D eigenvalue weighted by Crippen LogP contribution is -2.43. The number of ether oxygens (including phenoxy) is 1. The first-order chi connectivity index (χ1) is 17.4. The molecule has 0 saturated carbocycles. The lowest BCUT2D eigenvalue weighted by molar-refractivity contribution is -0.138. The topological polar surface area (TPSA) is 133 Å². The number of hydrogen-bond acceptors (Lipinski definition) is 8. The number of ketones is 1. The highest BCUT2D eigenvalue weighted by Gasteiger charge is 2.46. The molecular formula is C27H31N3O5S2. The average Bonchev–Trinajstić information content (AvgIpc) is 2.82. The van der Waals surface area contributed by atoms with Crippen LogP contribution in [0.2, 0.25) is 0 Å². The van der Waals surface area contributed by atoms with Crippen molar-refractivity contribution >= 4 is 39.2 Å². The maximum absolute atomic E-state index is 13.7. The summed E-state index contributed by atoms with van der Waals surface area (Å²) in [5, 5.41) is 5.28. The lowest BCUT2D eigenvalue weighted by atomic mass is 9.68. The van der Waals surface area contributed by atoms with E-state index in [1.807, 2.05) is 44.4 Å². The van der Waals surface area contributed by atoms with Gasteiger partial charge in [0.05, 0.1) is 23.0 Å². The number of hydrogen-bond donors (Lipinski definition) is 2. The van der Waals surface area contributed by atoms with Crippen LogP contribution in [0.1, 0.15) is 45.1 Å². The van der Waals surface area contributed by atoms with Gasteiger partial charge in [-0.1, -0.05) is 26.0 Å². The maximum Gasteiger partial charge on any atom is 0.338 e. The van der Waals surface area contributed by atoms with Crippen molar-refractivity contribution in [2.24, 2.45) is 16.3 Å². The number of primary sulfonamides is 1. The van der Waals surface area contributed by atoms with E-state index in [4.69, 9.17) is 15.6 Å². The molecule has 0 amide bonds. The number of nitrogens with zero attached hydrogens (tertiary/aromatic N) is 1. The van der Waals surface area contributed by atoms with Crippen LogP contribution in [0.4, 0.5) is 5.69 Å². The number of rotatable bonds is 6. The Bertz CT molecular complexity index is 1410. The van der Waals surface area contributed by atoms with Crippen LogP contribution in [0.5, 0.6) is 0 Å². The molecule has 0 fully saturated rings. The van der Waals surface area contributed by atoms with Crippen LogP contribution in [-0.2, 0) is 24.3 Å². The smallest absolute Gasteiger partial charge is 0.338 e. The minimum Gasteiger partial charge on any atom is -0.463 e. The van der Waals surface area contributed by atoms with Crippen LogP contribution in [-0.4, -0.2) is 33.0 Å². The van der Waals surface area contributed by atoms with E-state index in [-0.39, 0.29) is 34.1 Å². The predicted octanol–water partition coefficient (Wildman–Crippen LogP) is 4.04. The number of carbonyl (C=O) groups excluding carboxylic acids is 2. The third-order valence-corrected chi connectivity index (χ3v) is 8.30. The Kier molecular flexibility index (Phi) is 7.29. The fraction of sp³-hybridized carbons (Fsp3) is 0.333. The van der Waals surface area contributed by atoms with E-state index in [2.05, 4.69) is 0 Å². The van der Waals surface area contributed by atoms with Gasteiger partial charge in [-0.15, -0.1) is 11.8 Å². The van der Waals surface area contributed by atoms with E-state index in [1.165, 1.54) is 12.1 Å². The molecule has 8 nitrogen and oxygen atoms in total. The molecule has 4 N–H and O–H groups in total. The number of nitrogens with two attached hydrogens (primary N) is 2. The van der Waals surface area contributed by atoms with Gasteiger partial charge in [-0.05, 0) is 67.0 Å². The van der Waals surface area contributed by atoms with Gasteiger partial charge < -0.3 is 10.5 Å². The fourth-order valence-electron chi connectivity index (χ4n) is 5.03. The highest BCUT2D eigenvalue weighted by molar-refractivity contribution is 7.98. The largest absolute Gasteiger partial charge is 0.463 e. The van der Waals surface area contributed by atoms with Gasteiger partial charge in [-0.3, -0.25) is 9.69 Å². The van der Waals surface area contributed by atoms with E-state index in [1.54, 1.807) is 35.7 Å². The first-order valence-electron chi connectivity index (χ1n) is 11.9. The summed E-state index contributed by atoms with van der Waals surface area (Å²) in [6, 6.07) is 13.6. The number of anilines is 1. The molecule has 37 heavy (non-hydrogen) atoms. The number of thioether (sulfide) groups is 1. The van der Waals surface area contributed by atoms with E-state index < -0.39 is 21.9 Å². The Morgan fingerprint density at radius 2 is 1.73 bits per heavy atom. The molecule has 1 heterocycles. The van der Waals surface area contributed by atoms with Crippen molar-refractivity contribution in [3.05, 3.63) is 76.8 Å². The van der Waals surface area contributed by atoms with Gasteiger partial charge >= 0.3 is 5.97 Å². The van der Waals surface area contributed by atoms with Crippen molar-refractivity contribution in [3.63, 3.8) is 0 Å². The SMILES string of the molecule is CCOC(=O)C1=C(N)N(c2ccc(S(N)(=O)=O)cc2)C2=C(C(=O)CC(C)(C)C2)[C@@H]1c1ccc(SC)cc1. The first kappa shape index (κ1) is 27.0. The molecule has 2 aromatic rings. The van der Waals surface area contributed by atoms with Gasteiger partial charge in [0.2, 0.25) is 10.0 Å². The molecule has 0 aromatic heterocycles. The number of Topliss-reactive ketones (excluding diaryl/α,β-unsaturated/α-hetero) is 1. The van der Waals surface area contributed by atoms with Crippen molar-refractivity contribution in [3.8, 4) is 0 Å². The molecule has 1 aliphatic heterocycles. The third kappa shape index (κ3) is 5.18. The zero-order valence-corrected chi connectivity index (χ0v) is 22.9. The summed E-state index contributed by atoms with van der Waals surface area (Å²) < 4.78 is 29.0. The fourth-order valence-corrected chi connectivity index (χ4v) is 5.95. The Morgan fingerprint density at radius 3 is 2.27 bits per heavy atom. The lowest BCUT2D eigenvalue weighted by Gasteiger charge is -2.44. The highest BCUT2D eigenvalue weighted by Crippen LogP contribution is 2.50. The second kappa shape index (κ2) is 10.00. The Labute approximate surface area is 221 Å². The molecule has 0 unspecified atom stereocenters. The van der Waals surface area contributed by atoms with Crippen molar-refractivity contribution in [2.75, 3.05) is 17.8 Å². The van der Waals surface area contributed by atoms with Gasteiger partial charge in [0.1, 0.15) is 5.82 Å². The van der Waals surface area contributed by atoms with Gasteiger partial charge in [-0.25, -0.2) is 18.4 Å². The molecule has 0 bridgehead atoms. The number of esters is 1. The van der Waals surface area contributed by atoms with Gasteiger partial charge in [0.25, 0.3) is 0 Å². The van der Waals surface area contributed by atoms with Crippen LogP contribution in [0, 0.1) is 5.41 Å². The minimum absolute atomic E-state index is 0.0533. The molecule has 0 saturated heterocycles. The average molecular weight is 542 g/mol. The zero-order chi connectivity index (χ0) is 27.1. The molecule has 10 heteroatoms. The molecule has 2 aliphatic rings. The highest BCUT2D eigenvalue weighted by atomic mass is 32.2. The molecular weight excluding hydrogens is 510 g/mol. The van der Waals surface area contributed by atoms with Crippen molar-refractivity contribution in [1.29, 1.82) is 0 Å². The second-order valence-electron chi connectivity index (χ2n) is 9.90. The molecule has 0 spiro atoms. The third-order valence-electron chi connectivity index (χ3n) is 6.63. The standard InChI is InChI=1S/C27H31N3O5S2/c1-5-35-26(32)24-22(16-6-10-18(36-4)11-7-16)23-20(14-27(2,3)15-21(23)31)30(25(24)28)17-8-12-19(13-9-17)37(29,33)34/h6-13,22H,5,14-15,28H2,1-4H3,(H2,29,33,34)/t22-/m0/s1. The van der Waals surface area contributed by atoms with Crippen molar-refractivity contribution < 1.29 is 22.7 Å². The Balaban J connectivity index is 1.99. The molecule has 0 radical (unpaired) electrons. The van der Waals surface area contributed by atoms with Crippen LogP contribution >= 0.6 is 11.8 Å². The van der Waals surface area contributed by atoms with Gasteiger partial charge in [0.15, 0.2) is 5.78 Å². The molecule has 1 aliphatic carbocycles. The maximum atomic E-state index is 13.7. The van der Waals surface area contributed by atoms with Crippen LogP contribution in [0.25, 0.3) is 0 Å². The summed E-state index contributed by atoms with van der Waals surface area (Å²) in [6.07, 6.45) is 2.82. The molecule has 196 valence electrons. The number of allylic oxidation sites excluding steroid dienone is 2. The molecule has 2 aromatic carbocycles. The van der Waals surface area contributed by atoms with E-state index in [9.17, 15) is 18.0 Å². The van der Waals surface area contributed by atoms with Gasteiger partial charge in [0, 0.05) is 28.3 Å². The zero-order valence-electron chi connectivity index (χ0n) is 21.3. The number of benzene rings is 2. The summed E-state index contributed by atoms with van der Waals surface area (Å²) in [6.45, 7) is 5.88. The van der Waals surface area contributed by atoms with Gasteiger partial charge in [-0.2, -0.15) is 0 Å². The minimum atomic E-state index is -3.90.